The molecule has 0 aliphatic carbocycles. The molecule has 1 heterocycles. The highest BCUT2D eigenvalue weighted by Gasteiger charge is 2.17. The number of ether oxygens (including phenoxy) is 1. The van der Waals surface area contributed by atoms with Gasteiger partial charge in [-0.25, -0.2) is 4.39 Å². The van der Waals surface area contributed by atoms with Crippen molar-refractivity contribution < 1.29 is 13.5 Å². The summed E-state index contributed by atoms with van der Waals surface area (Å²) in [6, 6.07) is 10.9. The van der Waals surface area contributed by atoms with Crippen LogP contribution in [0, 0.1) is 5.82 Å². The number of hydrogen-bond donors (Lipinski definition) is 0. The van der Waals surface area contributed by atoms with E-state index in [1.807, 2.05) is 0 Å². The maximum absolute atomic E-state index is 13.5. The molecule has 0 spiro atoms. The second-order valence-electron chi connectivity index (χ2n) is 4.78. The first-order valence-corrected chi connectivity index (χ1v) is 6.74. The van der Waals surface area contributed by atoms with Crippen molar-refractivity contribution >= 4 is 18.8 Å². The predicted molar refractivity (Wildman–Crippen MR) is 83.9 cm³/mol. The summed E-state index contributed by atoms with van der Waals surface area (Å²) in [6.45, 7) is 0. The summed E-state index contributed by atoms with van der Waals surface area (Å²) in [5.74, 6) is 0.295. The Morgan fingerprint density at radius 1 is 1.23 bits per heavy atom. The van der Waals surface area contributed by atoms with Crippen LogP contribution in [0.3, 0.4) is 0 Å². The third-order valence-corrected chi connectivity index (χ3v) is 3.47. The average Bonchev–Trinajstić information content (AvgIpc) is 2.53. The smallest absolute Gasteiger partial charge is 0.204 e. The first-order chi connectivity index (χ1) is 10.7. The van der Waals surface area contributed by atoms with E-state index in [1.54, 1.807) is 24.3 Å². The maximum Gasteiger partial charge on any atom is 0.204 e. The van der Waals surface area contributed by atoms with Crippen LogP contribution in [0.5, 0.6) is 5.75 Å². The van der Waals surface area contributed by atoms with Gasteiger partial charge >= 0.3 is 0 Å². The minimum absolute atomic E-state index is 0.0359. The summed E-state index contributed by atoms with van der Waals surface area (Å²) in [7, 11) is 7.18. The molecule has 22 heavy (non-hydrogen) atoms. The minimum Gasteiger partial charge on any atom is -0.496 e. The number of hydrogen-bond acceptors (Lipinski definition) is 3. The highest BCUT2D eigenvalue weighted by atomic mass is 19.1. The molecule has 2 radical (unpaired) electrons. The van der Waals surface area contributed by atoms with Gasteiger partial charge in [-0.05, 0) is 36.1 Å². The van der Waals surface area contributed by atoms with Crippen LogP contribution in [-0.4, -0.2) is 15.0 Å². The molecule has 3 nitrogen and oxygen atoms in total. The largest absolute Gasteiger partial charge is 0.496 e. The zero-order chi connectivity index (χ0) is 15.7. The molecule has 0 N–H and O–H groups in total. The van der Waals surface area contributed by atoms with Crippen molar-refractivity contribution in [2.75, 3.05) is 7.11 Å². The molecular formula is C17H12BFO3. The van der Waals surface area contributed by atoms with E-state index in [4.69, 9.17) is 17.0 Å². The maximum atomic E-state index is 13.5. The summed E-state index contributed by atoms with van der Waals surface area (Å²) < 4.78 is 24.5. The second kappa shape index (κ2) is 5.68. The fourth-order valence-corrected chi connectivity index (χ4v) is 2.51. The van der Waals surface area contributed by atoms with Crippen molar-refractivity contribution in [3.63, 3.8) is 0 Å². The number of halogens is 1. The van der Waals surface area contributed by atoms with Crippen molar-refractivity contribution in [2.45, 2.75) is 6.32 Å². The van der Waals surface area contributed by atoms with Gasteiger partial charge < -0.3 is 9.15 Å². The lowest BCUT2D eigenvalue weighted by molar-refractivity contribution is 0.418. The van der Waals surface area contributed by atoms with E-state index < -0.39 is 5.82 Å². The monoisotopic (exact) mass is 294 g/mol. The van der Waals surface area contributed by atoms with Crippen molar-refractivity contribution in [3.8, 4) is 16.9 Å². The Morgan fingerprint density at radius 2 is 2.00 bits per heavy atom. The van der Waals surface area contributed by atoms with Crippen molar-refractivity contribution in [2.24, 2.45) is 0 Å². The fourth-order valence-electron chi connectivity index (χ4n) is 2.51. The van der Waals surface area contributed by atoms with Gasteiger partial charge in [-0.15, -0.1) is 0 Å². The van der Waals surface area contributed by atoms with Gasteiger partial charge in [0.05, 0.1) is 20.5 Å². The Balaban J connectivity index is 2.43. The summed E-state index contributed by atoms with van der Waals surface area (Å²) >= 11 is 0. The molecule has 0 saturated heterocycles. The van der Waals surface area contributed by atoms with E-state index in [1.165, 1.54) is 25.3 Å². The van der Waals surface area contributed by atoms with Gasteiger partial charge in [-0.1, -0.05) is 18.2 Å². The molecule has 0 fully saturated rings. The lowest BCUT2D eigenvalue weighted by Crippen LogP contribution is -2.10. The molecule has 5 heteroatoms. The van der Waals surface area contributed by atoms with Crippen LogP contribution in [-0.2, 0) is 6.32 Å². The van der Waals surface area contributed by atoms with Crippen LogP contribution in [0.15, 0.2) is 51.7 Å². The lowest BCUT2D eigenvalue weighted by Gasteiger charge is -2.11. The first-order valence-electron chi connectivity index (χ1n) is 6.74. The Kier molecular flexibility index (Phi) is 3.71. The number of rotatable bonds is 3. The van der Waals surface area contributed by atoms with Gasteiger partial charge in [0.2, 0.25) is 5.43 Å². The summed E-state index contributed by atoms with van der Waals surface area (Å²) in [5, 5.41) is 0.321. The Bertz CT molecular complexity index is 902. The summed E-state index contributed by atoms with van der Waals surface area (Å²) in [6.07, 6.45) is 0.0359. The molecule has 2 aromatic carbocycles. The molecule has 3 aromatic rings. The standard InChI is InChI=1S/C17H12BFO3/c1-21-12-6-3-7-13-16(12)17(20)15(14(9-18)22-13)10-4-2-5-11(19)8-10/h2-8H,9H2,1H3. The van der Waals surface area contributed by atoms with Crippen LogP contribution < -0.4 is 10.2 Å². The van der Waals surface area contributed by atoms with E-state index in [-0.39, 0.29) is 17.3 Å². The molecule has 3 rings (SSSR count). The molecule has 1 aromatic heterocycles. The third-order valence-electron chi connectivity index (χ3n) is 3.47. The van der Waals surface area contributed by atoms with Gasteiger partial charge in [0.15, 0.2) is 0 Å². The van der Waals surface area contributed by atoms with E-state index >= 15 is 0 Å². The van der Waals surface area contributed by atoms with Crippen LogP contribution in [0.2, 0.25) is 0 Å². The first kappa shape index (κ1) is 14.4. The zero-order valence-electron chi connectivity index (χ0n) is 11.9. The van der Waals surface area contributed by atoms with Crippen molar-refractivity contribution in [1.82, 2.24) is 0 Å². The molecule has 0 unspecified atom stereocenters. The lowest BCUT2D eigenvalue weighted by atomic mass is 9.94. The van der Waals surface area contributed by atoms with Gasteiger partial charge in [-0.3, -0.25) is 4.79 Å². The Labute approximate surface area is 127 Å². The highest BCUT2D eigenvalue weighted by Crippen LogP contribution is 2.29. The van der Waals surface area contributed by atoms with Gasteiger partial charge in [0, 0.05) is 0 Å². The molecule has 0 aliphatic rings. The molecule has 0 bridgehead atoms. The molecule has 0 atom stereocenters. The highest BCUT2D eigenvalue weighted by molar-refractivity contribution is 6.08. The molecule has 0 saturated carbocycles. The van der Waals surface area contributed by atoms with Crippen LogP contribution in [0.4, 0.5) is 4.39 Å². The quantitative estimate of drug-likeness (QED) is 0.696. The van der Waals surface area contributed by atoms with E-state index in [0.29, 0.717) is 28.0 Å². The Morgan fingerprint density at radius 3 is 2.68 bits per heavy atom. The SMILES string of the molecule is [B]Cc1oc2cccc(OC)c2c(=O)c1-c1cccc(F)c1. The van der Waals surface area contributed by atoms with Crippen molar-refractivity contribution in [1.29, 1.82) is 0 Å². The van der Waals surface area contributed by atoms with Crippen LogP contribution in [0.1, 0.15) is 5.76 Å². The number of methoxy groups -OCH3 is 1. The van der Waals surface area contributed by atoms with Crippen LogP contribution in [0.25, 0.3) is 22.1 Å². The average molecular weight is 294 g/mol. The van der Waals surface area contributed by atoms with E-state index in [9.17, 15) is 9.18 Å². The summed E-state index contributed by atoms with van der Waals surface area (Å²) in [4.78, 5) is 12.9. The Hall–Kier alpha value is -2.56. The van der Waals surface area contributed by atoms with E-state index in [2.05, 4.69) is 0 Å². The zero-order valence-corrected chi connectivity index (χ0v) is 11.9. The third kappa shape index (κ3) is 2.28. The minimum atomic E-state index is -0.431. The topological polar surface area (TPSA) is 39.4 Å². The molecular weight excluding hydrogens is 282 g/mol. The van der Waals surface area contributed by atoms with Gasteiger partial charge in [0.25, 0.3) is 0 Å². The predicted octanol–water partition coefficient (Wildman–Crippen LogP) is 3.28. The van der Waals surface area contributed by atoms with Crippen LogP contribution >= 0.6 is 0 Å². The fraction of sp³-hybridized carbons (Fsp3) is 0.118. The normalized spacial score (nSPS) is 10.8. The van der Waals surface area contributed by atoms with Crippen molar-refractivity contribution in [3.05, 3.63) is 64.3 Å². The molecule has 0 aliphatic heterocycles. The number of benzene rings is 2. The molecule has 108 valence electrons. The van der Waals surface area contributed by atoms with Gasteiger partial charge in [0.1, 0.15) is 28.3 Å². The second-order valence-corrected chi connectivity index (χ2v) is 4.78. The van der Waals surface area contributed by atoms with Gasteiger partial charge in [-0.2, -0.15) is 0 Å². The number of fused-ring (bicyclic) bond motifs is 1. The van der Waals surface area contributed by atoms with E-state index in [0.717, 1.165) is 0 Å². The summed E-state index contributed by atoms with van der Waals surface area (Å²) in [5.41, 5.74) is 0.802. The molecule has 0 amide bonds.